The predicted molar refractivity (Wildman–Crippen MR) is 148 cm³/mol. The zero-order chi connectivity index (χ0) is 25.1. The number of rotatable bonds is 6. The number of imide groups is 1. The van der Waals surface area contributed by atoms with Gasteiger partial charge >= 0.3 is 0 Å². The highest BCUT2D eigenvalue weighted by Gasteiger charge is 2.41. The number of nitrogens with zero attached hydrogens (tertiary/aromatic N) is 2. The molecular weight excluding hydrogens is 460 g/mol. The van der Waals surface area contributed by atoms with Gasteiger partial charge in [-0.1, -0.05) is 66.7 Å². The number of H-pyrrole nitrogens is 1. The highest BCUT2D eigenvalue weighted by molar-refractivity contribution is 6.39. The summed E-state index contributed by atoms with van der Waals surface area (Å²) >= 11 is 0. The van der Waals surface area contributed by atoms with Gasteiger partial charge in [0.05, 0.1) is 22.2 Å². The third-order valence-electron chi connectivity index (χ3n) is 7.63. The van der Waals surface area contributed by atoms with Crippen LogP contribution in [0.1, 0.15) is 32.7 Å². The second-order valence-electron chi connectivity index (χ2n) is 9.70. The number of hydrogen-bond donors (Lipinski definition) is 2. The molecule has 0 saturated heterocycles. The highest BCUT2D eigenvalue weighted by Crippen LogP contribution is 2.45. The first kappa shape index (κ1) is 21.8. The van der Waals surface area contributed by atoms with E-state index in [-0.39, 0.29) is 11.8 Å². The summed E-state index contributed by atoms with van der Waals surface area (Å²) in [6.07, 6.45) is 1.42. The number of hydrogen-bond acceptors (Lipinski definition) is 3. The molecule has 1 aliphatic rings. The summed E-state index contributed by atoms with van der Waals surface area (Å²) in [5.74, 6) is -0.456. The Bertz CT molecular complexity index is 1860. The maximum absolute atomic E-state index is 13.9. The molecule has 37 heavy (non-hydrogen) atoms. The number of aromatic nitrogens is 2. The summed E-state index contributed by atoms with van der Waals surface area (Å²) < 4.78 is 2.32. The van der Waals surface area contributed by atoms with E-state index >= 15 is 0 Å². The predicted octanol–water partition coefficient (Wildman–Crippen LogP) is 5.62. The number of amides is 2. The second kappa shape index (κ2) is 8.32. The van der Waals surface area contributed by atoms with E-state index in [1.165, 1.54) is 10.5 Å². The van der Waals surface area contributed by atoms with Crippen molar-refractivity contribution < 1.29 is 9.59 Å². The maximum atomic E-state index is 13.9. The van der Waals surface area contributed by atoms with Gasteiger partial charge < -0.3 is 15.3 Å². The van der Waals surface area contributed by atoms with E-state index in [0.29, 0.717) is 30.6 Å². The minimum absolute atomic E-state index is 0.225. The Balaban J connectivity index is 1.60. The standard InChI is InChI=1S/C31H26N4O2/c32-16-8-17-35-30(36)26-24-20-11-4-6-13-22(20)33-28(24)29-25(27(26)31(35)37)21-12-5-7-14-23(21)34(29)18-15-19-9-2-1-3-10-19/h1-7,9-14,33H,8,15-18,32H2. The lowest BCUT2D eigenvalue weighted by atomic mass is 9.97. The van der Waals surface area contributed by atoms with E-state index < -0.39 is 0 Å². The third kappa shape index (κ3) is 3.09. The molecule has 4 aromatic carbocycles. The van der Waals surface area contributed by atoms with E-state index in [4.69, 9.17) is 5.73 Å². The molecule has 0 atom stereocenters. The average Bonchev–Trinajstić information content (AvgIpc) is 3.55. The first-order chi connectivity index (χ1) is 18.2. The minimum Gasteiger partial charge on any atom is -0.353 e. The quantitative estimate of drug-likeness (QED) is 0.300. The molecule has 0 aliphatic carbocycles. The van der Waals surface area contributed by atoms with Crippen molar-refractivity contribution in [2.24, 2.45) is 5.73 Å². The molecular formula is C31H26N4O2. The fourth-order valence-electron chi connectivity index (χ4n) is 6.01. The average molecular weight is 487 g/mol. The smallest absolute Gasteiger partial charge is 0.262 e. The number of carbonyl (C=O) groups is 2. The molecule has 2 aromatic heterocycles. The van der Waals surface area contributed by atoms with E-state index in [2.05, 4.69) is 45.9 Å². The Labute approximate surface area is 213 Å². The number of carbonyl (C=O) groups excluding carboxylic acids is 2. The lowest BCUT2D eigenvalue weighted by molar-refractivity contribution is 0.0655. The lowest BCUT2D eigenvalue weighted by Gasteiger charge is -2.12. The number of aryl methyl sites for hydroxylation is 2. The Morgan fingerprint density at radius 3 is 2.19 bits per heavy atom. The molecule has 0 saturated carbocycles. The number of nitrogens with one attached hydrogen (secondary N) is 1. The van der Waals surface area contributed by atoms with Crippen LogP contribution in [0.25, 0.3) is 43.6 Å². The molecule has 1 aliphatic heterocycles. The number of benzene rings is 4. The van der Waals surface area contributed by atoms with Crippen LogP contribution in [0.5, 0.6) is 0 Å². The molecule has 0 spiro atoms. The van der Waals surface area contributed by atoms with Crippen molar-refractivity contribution in [2.75, 3.05) is 13.1 Å². The van der Waals surface area contributed by atoms with Gasteiger partial charge in [0.2, 0.25) is 0 Å². The third-order valence-corrected chi connectivity index (χ3v) is 7.63. The van der Waals surface area contributed by atoms with Crippen LogP contribution in [0.3, 0.4) is 0 Å². The summed E-state index contributed by atoms with van der Waals surface area (Å²) in [5.41, 5.74) is 11.9. The van der Waals surface area contributed by atoms with Gasteiger partial charge in [0.25, 0.3) is 11.8 Å². The van der Waals surface area contributed by atoms with Crippen molar-refractivity contribution in [1.82, 2.24) is 14.5 Å². The fourth-order valence-corrected chi connectivity index (χ4v) is 6.01. The van der Waals surface area contributed by atoms with Crippen LogP contribution in [-0.2, 0) is 13.0 Å². The Hall–Kier alpha value is -4.42. The summed E-state index contributed by atoms with van der Waals surface area (Å²) in [6, 6.07) is 26.6. The molecule has 3 heterocycles. The fraction of sp³-hybridized carbons (Fsp3) is 0.161. The van der Waals surface area contributed by atoms with Crippen LogP contribution in [-0.4, -0.2) is 39.4 Å². The highest BCUT2D eigenvalue weighted by atomic mass is 16.2. The van der Waals surface area contributed by atoms with Gasteiger partial charge in [0.1, 0.15) is 0 Å². The monoisotopic (exact) mass is 486 g/mol. The summed E-state index contributed by atoms with van der Waals surface area (Å²) in [4.78, 5) is 32.7. The van der Waals surface area contributed by atoms with Gasteiger partial charge in [-0.05, 0) is 37.1 Å². The molecule has 0 fully saturated rings. The van der Waals surface area contributed by atoms with Gasteiger partial charge in [-0.15, -0.1) is 0 Å². The molecule has 6 aromatic rings. The van der Waals surface area contributed by atoms with E-state index in [0.717, 1.165) is 56.6 Å². The number of nitrogens with two attached hydrogens (primary N) is 1. The zero-order valence-electron chi connectivity index (χ0n) is 20.3. The number of para-hydroxylation sites is 2. The summed E-state index contributed by atoms with van der Waals surface area (Å²) in [6.45, 7) is 1.49. The maximum Gasteiger partial charge on any atom is 0.262 e. The molecule has 6 heteroatoms. The molecule has 0 radical (unpaired) electrons. The van der Waals surface area contributed by atoms with Gasteiger partial charge in [-0.2, -0.15) is 0 Å². The first-order valence-electron chi connectivity index (χ1n) is 12.8. The lowest BCUT2D eigenvalue weighted by Crippen LogP contribution is -2.31. The van der Waals surface area contributed by atoms with Crippen LogP contribution in [0, 0.1) is 0 Å². The normalized spacial score (nSPS) is 13.6. The van der Waals surface area contributed by atoms with Crippen molar-refractivity contribution >= 4 is 55.4 Å². The number of aromatic amines is 1. The molecule has 182 valence electrons. The first-order valence-corrected chi connectivity index (χ1v) is 12.8. The Kier molecular flexibility index (Phi) is 4.91. The van der Waals surface area contributed by atoms with Gasteiger partial charge in [-0.25, -0.2) is 0 Å². The van der Waals surface area contributed by atoms with Crippen LogP contribution >= 0.6 is 0 Å². The number of fused-ring (bicyclic) bond motifs is 10. The minimum atomic E-state index is -0.230. The van der Waals surface area contributed by atoms with Gasteiger partial charge in [-0.3, -0.25) is 14.5 Å². The van der Waals surface area contributed by atoms with Gasteiger partial charge in [0, 0.05) is 45.7 Å². The van der Waals surface area contributed by atoms with Crippen molar-refractivity contribution in [1.29, 1.82) is 0 Å². The van der Waals surface area contributed by atoms with Crippen LogP contribution in [0.2, 0.25) is 0 Å². The second-order valence-corrected chi connectivity index (χ2v) is 9.70. The van der Waals surface area contributed by atoms with Crippen LogP contribution in [0.4, 0.5) is 0 Å². The molecule has 0 bridgehead atoms. The zero-order valence-corrected chi connectivity index (χ0v) is 20.3. The van der Waals surface area contributed by atoms with E-state index in [1.807, 2.05) is 42.5 Å². The topological polar surface area (TPSA) is 84.1 Å². The SMILES string of the molecule is NCCCN1C(=O)c2c(c3c4ccccc4n(CCc4ccccc4)c3c3[nH]c4ccccc4c23)C1=O. The Morgan fingerprint density at radius 2 is 1.41 bits per heavy atom. The largest absolute Gasteiger partial charge is 0.353 e. The van der Waals surface area contributed by atoms with Crippen LogP contribution < -0.4 is 5.73 Å². The molecule has 7 rings (SSSR count). The van der Waals surface area contributed by atoms with Crippen molar-refractivity contribution in [3.8, 4) is 0 Å². The van der Waals surface area contributed by atoms with Crippen LogP contribution in [0.15, 0.2) is 78.9 Å². The molecule has 0 unspecified atom stereocenters. The summed E-state index contributed by atoms with van der Waals surface area (Å²) in [5, 5.41) is 3.63. The molecule has 2 amide bonds. The van der Waals surface area contributed by atoms with Crippen molar-refractivity contribution in [2.45, 2.75) is 19.4 Å². The van der Waals surface area contributed by atoms with Crippen molar-refractivity contribution in [3.05, 3.63) is 95.6 Å². The van der Waals surface area contributed by atoms with Crippen molar-refractivity contribution in [3.63, 3.8) is 0 Å². The van der Waals surface area contributed by atoms with E-state index in [1.54, 1.807) is 0 Å². The van der Waals surface area contributed by atoms with E-state index in [9.17, 15) is 9.59 Å². The Morgan fingerprint density at radius 1 is 0.730 bits per heavy atom. The molecule has 3 N–H and O–H groups in total. The summed E-state index contributed by atoms with van der Waals surface area (Å²) in [7, 11) is 0. The molecule has 6 nitrogen and oxygen atoms in total. The van der Waals surface area contributed by atoms with Gasteiger partial charge in [0.15, 0.2) is 0 Å².